The van der Waals surface area contributed by atoms with E-state index in [0.717, 1.165) is 42.7 Å². The largest absolute Gasteiger partial charge is 0.463 e. The minimum Gasteiger partial charge on any atom is -0.463 e. The van der Waals surface area contributed by atoms with Gasteiger partial charge in [-0.3, -0.25) is 0 Å². The molecule has 3 aliphatic rings. The fourth-order valence-corrected chi connectivity index (χ4v) is 4.70. The molecule has 2 aromatic rings. The summed E-state index contributed by atoms with van der Waals surface area (Å²) in [5.74, 6) is 2.51. The maximum Gasteiger partial charge on any atom is 0.246 e. The van der Waals surface area contributed by atoms with Gasteiger partial charge in [0, 0.05) is 17.6 Å². The highest BCUT2D eigenvalue weighted by Crippen LogP contribution is 2.41. The SMILES string of the molecule is CC1(C)Oc2ncnc(N)c2N=C1c1ccc(C2CCC(C3=CC(O)NO3)CC2)cc1. The number of rotatable bonds is 3. The third kappa shape index (κ3) is 3.77. The van der Waals surface area contributed by atoms with Gasteiger partial charge in [-0.15, -0.1) is 5.48 Å². The lowest BCUT2D eigenvalue weighted by Crippen LogP contribution is -2.41. The number of hydrogen-bond donors (Lipinski definition) is 3. The molecule has 1 aliphatic carbocycles. The first-order chi connectivity index (χ1) is 14.9. The number of hydrogen-bond acceptors (Lipinski definition) is 8. The van der Waals surface area contributed by atoms with Crippen LogP contribution in [0, 0.1) is 5.92 Å². The van der Waals surface area contributed by atoms with Crippen LogP contribution in [0.4, 0.5) is 11.5 Å². The number of aliphatic hydroxyl groups excluding tert-OH is 1. The highest BCUT2D eigenvalue weighted by molar-refractivity contribution is 6.09. The van der Waals surface area contributed by atoms with Gasteiger partial charge in [0.15, 0.2) is 17.7 Å². The first-order valence-electron chi connectivity index (χ1n) is 10.7. The van der Waals surface area contributed by atoms with E-state index in [1.807, 2.05) is 13.8 Å². The highest BCUT2D eigenvalue weighted by Gasteiger charge is 2.35. The Hall–Kier alpha value is -2.97. The number of aliphatic imine (C=N–C) groups is 1. The summed E-state index contributed by atoms with van der Waals surface area (Å²) in [5.41, 5.74) is 11.6. The molecule has 0 saturated heterocycles. The molecule has 1 fully saturated rings. The van der Waals surface area contributed by atoms with E-state index in [2.05, 4.69) is 39.7 Å². The molecule has 8 heteroatoms. The van der Waals surface area contributed by atoms with Crippen molar-refractivity contribution in [3.8, 4) is 5.88 Å². The van der Waals surface area contributed by atoms with E-state index in [-0.39, 0.29) is 0 Å². The molecule has 3 heterocycles. The number of nitrogens with zero attached hydrogens (tertiary/aromatic N) is 3. The van der Waals surface area contributed by atoms with Gasteiger partial charge < -0.3 is 20.4 Å². The Bertz CT molecular complexity index is 1040. The fourth-order valence-electron chi connectivity index (χ4n) is 4.70. The van der Waals surface area contributed by atoms with E-state index in [0.29, 0.717) is 29.2 Å². The molecular weight excluding hydrogens is 394 g/mol. The van der Waals surface area contributed by atoms with Crippen LogP contribution in [-0.2, 0) is 4.84 Å². The summed E-state index contributed by atoms with van der Waals surface area (Å²) in [5, 5.41) is 9.56. The predicted octanol–water partition coefficient (Wildman–Crippen LogP) is 3.36. The number of anilines is 1. The number of ether oxygens (including phenoxy) is 1. The lowest BCUT2D eigenvalue weighted by Gasteiger charge is -2.32. The average Bonchev–Trinajstić information content (AvgIpc) is 3.20. The average molecular weight is 422 g/mol. The number of aliphatic hydroxyl groups is 1. The van der Waals surface area contributed by atoms with Crippen molar-refractivity contribution >= 4 is 17.2 Å². The van der Waals surface area contributed by atoms with E-state index in [1.165, 1.54) is 11.9 Å². The second-order valence-electron chi connectivity index (χ2n) is 8.89. The number of aromatic nitrogens is 2. The maximum absolute atomic E-state index is 9.56. The molecule has 1 unspecified atom stereocenters. The van der Waals surface area contributed by atoms with Crippen molar-refractivity contribution in [2.45, 2.75) is 57.3 Å². The van der Waals surface area contributed by atoms with Crippen LogP contribution in [0.25, 0.3) is 0 Å². The summed E-state index contributed by atoms with van der Waals surface area (Å²) in [6.07, 6.45) is 6.76. The molecule has 0 bridgehead atoms. The molecular formula is C23H27N5O3. The first-order valence-corrected chi connectivity index (χ1v) is 10.7. The third-order valence-corrected chi connectivity index (χ3v) is 6.37. The van der Waals surface area contributed by atoms with Crippen molar-refractivity contribution in [2.24, 2.45) is 10.9 Å². The van der Waals surface area contributed by atoms with Gasteiger partial charge in [0.2, 0.25) is 5.88 Å². The standard InChI is InChI=1S/C23H27N5O3/c1-23(2)20(27-19-21(24)25-12-26-22(19)30-23)16-9-5-14(6-10-16)13-3-7-15(8-4-13)17-11-18(29)28-31-17/h5-6,9-13,15,18,28-29H,3-4,7-8H2,1-2H3,(H2,24,25,26). The number of nitrogens with two attached hydrogens (primary N) is 1. The van der Waals surface area contributed by atoms with Crippen molar-refractivity contribution in [1.29, 1.82) is 0 Å². The van der Waals surface area contributed by atoms with Crippen LogP contribution in [-0.4, -0.2) is 32.6 Å². The van der Waals surface area contributed by atoms with Gasteiger partial charge in [-0.1, -0.05) is 24.3 Å². The molecule has 31 heavy (non-hydrogen) atoms. The van der Waals surface area contributed by atoms with Crippen molar-refractivity contribution in [3.63, 3.8) is 0 Å². The van der Waals surface area contributed by atoms with Gasteiger partial charge in [0.1, 0.15) is 17.7 Å². The summed E-state index contributed by atoms with van der Waals surface area (Å²) in [6.45, 7) is 3.96. The molecule has 0 radical (unpaired) electrons. The predicted molar refractivity (Wildman–Crippen MR) is 117 cm³/mol. The molecule has 162 valence electrons. The summed E-state index contributed by atoms with van der Waals surface area (Å²) in [7, 11) is 0. The summed E-state index contributed by atoms with van der Waals surface area (Å²) >= 11 is 0. The van der Waals surface area contributed by atoms with E-state index >= 15 is 0 Å². The van der Waals surface area contributed by atoms with E-state index in [9.17, 15) is 5.11 Å². The minimum absolute atomic E-state index is 0.315. The van der Waals surface area contributed by atoms with E-state index in [1.54, 1.807) is 6.08 Å². The van der Waals surface area contributed by atoms with E-state index < -0.39 is 11.8 Å². The summed E-state index contributed by atoms with van der Waals surface area (Å²) < 4.78 is 6.08. The van der Waals surface area contributed by atoms with Gasteiger partial charge in [-0.05, 0) is 51.0 Å². The quantitative estimate of drug-likeness (QED) is 0.696. The van der Waals surface area contributed by atoms with Crippen molar-refractivity contribution in [2.75, 3.05) is 5.73 Å². The molecule has 8 nitrogen and oxygen atoms in total. The lowest BCUT2D eigenvalue weighted by atomic mass is 9.77. The number of fused-ring (bicyclic) bond motifs is 1. The van der Waals surface area contributed by atoms with Gasteiger partial charge in [-0.2, -0.15) is 4.98 Å². The Balaban J connectivity index is 1.33. The number of hydroxylamine groups is 1. The van der Waals surface area contributed by atoms with Crippen LogP contribution in [0.15, 0.2) is 47.4 Å². The molecule has 1 aromatic carbocycles. The van der Waals surface area contributed by atoms with Crippen LogP contribution < -0.4 is 16.0 Å². The molecule has 1 atom stereocenters. The zero-order valence-corrected chi connectivity index (χ0v) is 17.7. The summed E-state index contributed by atoms with van der Waals surface area (Å²) in [6, 6.07) is 8.60. The number of benzene rings is 1. The zero-order valence-electron chi connectivity index (χ0n) is 17.7. The maximum atomic E-state index is 9.56. The van der Waals surface area contributed by atoms with Gasteiger partial charge in [0.25, 0.3) is 0 Å². The fraction of sp³-hybridized carbons (Fsp3) is 0.435. The number of allylic oxidation sites excluding steroid dienone is 1. The Morgan fingerprint density at radius 1 is 1.06 bits per heavy atom. The van der Waals surface area contributed by atoms with Crippen LogP contribution in [0.3, 0.4) is 0 Å². The van der Waals surface area contributed by atoms with E-state index in [4.69, 9.17) is 20.3 Å². The highest BCUT2D eigenvalue weighted by atomic mass is 16.7. The van der Waals surface area contributed by atoms with Crippen LogP contribution in [0.1, 0.15) is 56.6 Å². The minimum atomic E-state index is -0.690. The Labute approximate surface area is 181 Å². The summed E-state index contributed by atoms with van der Waals surface area (Å²) in [4.78, 5) is 18.4. The Morgan fingerprint density at radius 2 is 1.77 bits per heavy atom. The third-order valence-electron chi connectivity index (χ3n) is 6.37. The topological polar surface area (TPSA) is 115 Å². The van der Waals surface area contributed by atoms with Gasteiger partial charge in [0.05, 0.1) is 5.71 Å². The molecule has 5 rings (SSSR count). The number of nitrogen functional groups attached to an aromatic ring is 1. The number of nitrogens with one attached hydrogen (secondary N) is 1. The van der Waals surface area contributed by atoms with Crippen LogP contribution >= 0.6 is 0 Å². The molecule has 1 aromatic heterocycles. The molecule has 1 saturated carbocycles. The van der Waals surface area contributed by atoms with Crippen molar-refractivity contribution in [3.05, 3.63) is 53.6 Å². The molecule has 4 N–H and O–H groups in total. The molecule has 2 aliphatic heterocycles. The Morgan fingerprint density at radius 3 is 2.45 bits per heavy atom. The lowest BCUT2D eigenvalue weighted by molar-refractivity contribution is 0.0216. The van der Waals surface area contributed by atoms with Crippen molar-refractivity contribution < 1.29 is 14.7 Å². The smallest absolute Gasteiger partial charge is 0.246 e. The van der Waals surface area contributed by atoms with Gasteiger partial charge in [-0.25, -0.2) is 9.98 Å². The molecule has 0 amide bonds. The zero-order chi connectivity index (χ0) is 21.6. The van der Waals surface area contributed by atoms with Crippen LogP contribution in [0.5, 0.6) is 5.88 Å². The van der Waals surface area contributed by atoms with Gasteiger partial charge >= 0.3 is 0 Å². The van der Waals surface area contributed by atoms with Crippen molar-refractivity contribution in [1.82, 2.24) is 15.4 Å². The second kappa shape index (κ2) is 7.62. The second-order valence-corrected chi connectivity index (χ2v) is 8.89. The Kier molecular flexibility index (Phi) is 4.91. The molecule has 0 spiro atoms. The first kappa shape index (κ1) is 20.0. The van der Waals surface area contributed by atoms with Crippen LogP contribution in [0.2, 0.25) is 0 Å². The normalized spacial score (nSPS) is 26.9. The monoisotopic (exact) mass is 421 g/mol.